The number of hydrogen-bond donors (Lipinski definition) is 1. The Balaban J connectivity index is 1.68. The summed E-state index contributed by atoms with van der Waals surface area (Å²) in [4.78, 5) is 14.0. The van der Waals surface area contributed by atoms with Gasteiger partial charge in [0.1, 0.15) is 5.58 Å². The molecule has 1 aliphatic heterocycles. The third-order valence-electron chi connectivity index (χ3n) is 4.61. The fourth-order valence-corrected chi connectivity index (χ4v) is 4.47. The summed E-state index contributed by atoms with van der Waals surface area (Å²) in [6, 6.07) is 7.05. The van der Waals surface area contributed by atoms with Gasteiger partial charge in [0.2, 0.25) is 0 Å². The van der Waals surface area contributed by atoms with E-state index in [-0.39, 0.29) is 24.4 Å². The van der Waals surface area contributed by atoms with Crippen LogP contribution in [0.5, 0.6) is 0 Å². The van der Waals surface area contributed by atoms with Gasteiger partial charge in [-0.3, -0.25) is 0 Å². The van der Waals surface area contributed by atoms with E-state index in [4.69, 9.17) is 4.42 Å². The van der Waals surface area contributed by atoms with Crippen molar-refractivity contribution in [2.45, 2.75) is 31.7 Å². The highest BCUT2D eigenvalue weighted by Crippen LogP contribution is 2.22. The zero-order chi connectivity index (χ0) is 16.6. The number of carbonyl (C=O) groups is 1. The average Bonchev–Trinajstić information content (AvgIpc) is 2.94. The first kappa shape index (κ1) is 15.9. The molecule has 3 rings (SSSR count). The molecule has 0 unspecified atom stereocenters. The van der Waals surface area contributed by atoms with Crippen molar-refractivity contribution in [2.24, 2.45) is 0 Å². The maximum atomic E-state index is 12.4. The molecule has 1 aliphatic rings. The van der Waals surface area contributed by atoms with Gasteiger partial charge >= 0.3 is 6.03 Å². The number of fused-ring (bicyclic) bond motifs is 1. The van der Waals surface area contributed by atoms with Crippen LogP contribution in [0.3, 0.4) is 0 Å². The molecule has 1 saturated heterocycles. The normalized spacial score (nSPS) is 23.8. The molecule has 0 aliphatic carbocycles. The van der Waals surface area contributed by atoms with E-state index in [1.807, 2.05) is 24.3 Å². The lowest BCUT2D eigenvalue weighted by Crippen LogP contribution is -2.56. The van der Waals surface area contributed by atoms with Crippen molar-refractivity contribution in [3.8, 4) is 0 Å². The van der Waals surface area contributed by atoms with E-state index in [1.54, 1.807) is 25.0 Å². The number of para-hydroxylation sites is 1. The molecule has 6 nitrogen and oxygen atoms in total. The number of rotatable bonds is 2. The van der Waals surface area contributed by atoms with Gasteiger partial charge in [0.05, 0.1) is 17.3 Å². The number of sulfone groups is 1. The molecule has 2 aromatic rings. The summed E-state index contributed by atoms with van der Waals surface area (Å²) in [6.07, 6.45) is 1.64. The standard InChI is InChI=1S/C16H20N2O4S/c1-11-12(2)23(20,21)8-7-18(11)16(19)17-9-13-10-22-15-6-4-3-5-14(13)15/h3-6,10-12H,7-9H2,1-2H3,(H,17,19)/t11-,12-/m0/s1. The molecule has 2 amide bonds. The first-order valence-electron chi connectivity index (χ1n) is 7.61. The summed E-state index contributed by atoms with van der Waals surface area (Å²) >= 11 is 0. The molecule has 1 N–H and O–H groups in total. The Labute approximate surface area is 135 Å². The zero-order valence-corrected chi connectivity index (χ0v) is 14.0. The Bertz CT molecular complexity index is 827. The summed E-state index contributed by atoms with van der Waals surface area (Å²) in [6.45, 7) is 4.00. The minimum Gasteiger partial charge on any atom is -0.464 e. The van der Waals surface area contributed by atoms with E-state index in [0.29, 0.717) is 6.54 Å². The Morgan fingerprint density at radius 1 is 1.35 bits per heavy atom. The Morgan fingerprint density at radius 2 is 2.09 bits per heavy atom. The smallest absolute Gasteiger partial charge is 0.317 e. The monoisotopic (exact) mass is 336 g/mol. The van der Waals surface area contributed by atoms with Crippen molar-refractivity contribution in [1.29, 1.82) is 0 Å². The van der Waals surface area contributed by atoms with Crippen LogP contribution in [0, 0.1) is 0 Å². The van der Waals surface area contributed by atoms with Crippen molar-refractivity contribution in [3.63, 3.8) is 0 Å². The lowest BCUT2D eigenvalue weighted by atomic mass is 10.2. The van der Waals surface area contributed by atoms with Gasteiger partial charge in [-0.2, -0.15) is 0 Å². The van der Waals surface area contributed by atoms with Crippen LogP contribution >= 0.6 is 0 Å². The Hall–Kier alpha value is -2.02. The maximum absolute atomic E-state index is 12.4. The third-order valence-corrected chi connectivity index (χ3v) is 6.88. The zero-order valence-electron chi connectivity index (χ0n) is 13.2. The van der Waals surface area contributed by atoms with E-state index in [2.05, 4.69) is 5.32 Å². The molecule has 2 heterocycles. The lowest BCUT2D eigenvalue weighted by molar-refractivity contribution is 0.177. The van der Waals surface area contributed by atoms with Gasteiger partial charge in [0, 0.05) is 30.1 Å². The molecule has 0 saturated carbocycles. The maximum Gasteiger partial charge on any atom is 0.317 e. The number of amides is 2. The van der Waals surface area contributed by atoms with E-state index in [0.717, 1.165) is 16.5 Å². The molecule has 1 aromatic heterocycles. The van der Waals surface area contributed by atoms with Crippen molar-refractivity contribution in [1.82, 2.24) is 10.2 Å². The minimum absolute atomic E-state index is 0.0145. The highest BCUT2D eigenvalue weighted by molar-refractivity contribution is 7.92. The van der Waals surface area contributed by atoms with Crippen LogP contribution in [0.2, 0.25) is 0 Å². The van der Waals surface area contributed by atoms with Crippen LogP contribution in [0.4, 0.5) is 4.79 Å². The van der Waals surface area contributed by atoms with Crippen LogP contribution in [0.1, 0.15) is 19.4 Å². The molecule has 0 radical (unpaired) electrons. The fourth-order valence-electron chi connectivity index (χ4n) is 2.90. The molecular formula is C16H20N2O4S. The predicted octanol–water partition coefficient (Wildman–Crippen LogP) is 2.15. The van der Waals surface area contributed by atoms with E-state index in [9.17, 15) is 13.2 Å². The molecule has 124 valence electrons. The van der Waals surface area contributed by atoms with Gasteiger partial charge in [0.15, 0.2) is 9.84 Å². The number of hydrogen-bond acceptors (Lipinski definition) is 4. The summed E-state index contributed by atoms with van der Waals surface area (Å²) in [5, 5.41) is 3.28. The van der Waals surface area contributed by atoms with E-state index in [1.165, 1.54) is 0 Å². The second-order valence-electron chi connectivity index (χ2n) is 5.92. The molecular weight excluding hydrogens is 316 g/mol. The molecule has 0 bridgehead atoms. The molecule has 7 heteroatoms. The number of benzene rings is 1. The first-order chi connectivity index (χ1) is 10.9. The number of nitrogens with one attached hydrogen (secondary N) is 1. The van der Waals surface area contributed by atoms with Gasteiger partial charge in [-0.15, -0.1) is 0 Å². The van der Waals surface area contributed by atoms with Crippen LogP contribution in [0.15, 0.2) is 34.9 Å². The van der Waals surface area contributed by atoms with Gasteiger partial charge < -0.3 is 14.6 Å². The molecule has 1 fully saturated rings. The summed E-state index contributed by atoms with van der Waals surface area (Å²) in [7, 11) is -3.10. The number of nitrogens with zero attached hydrogens (tertiary/aromatic N) is 1. The lowest BCUT2D eigenvalue weighted by Gasteiger charge is -2.37. The predicted molar refractivity (Wildman–Crippen MR) is 87.9 cm³/mol. The van der Waals surface area contributed by atoms with Gasteiger partial charge in [0.25, 0.3) is 0 Å². The van der Waals surface area contributed by atoms with Crippen molar-refractivity contribution < 1.29 is 17.6 Å². The SMILES string of the molecule is C[C@H]1[C@H](C)S(=O)(=O)CCN1C(=O)NCc1coc2ccccc12. The number of carbonyl (C=O) groups excluding carboxylic acids is 1. The second kappa shape index (κ2) is 5.88. The minimum atomic E-state index is -3.10. The second-order valence-corrected chi connectivity index (χ2v) is 8.40. The fraction of sp³-hybridized carbons (Fsp3) is 0.438. The number of urea groups is 1. The highest BCUT2D eigenvalue weighted by Gasteiger charge is 2.37. The van der Waals surface area contributed by atoms with Gasteiger partial charge in [-0.1, -0.05) is 18.2 Å². The number of furan rings is 1. The van der Waals surface area contributed by atoms with Crippen LogP contribution in [-0.4, -0.2) is 42.9 Å². The Kier molecular flexibility index (Phi) is 4.06. The van der Waals surface area contributed by atoms with Crippen LogP contribution < -0.4 is 5.32 Å². The van der Waals surface area contributed by atoms with Crippen molar-refractivity contribution in [2.75, 3.05) is 12.3 Å². The van der Waals surface area contributed by atoms with E-state index < -0.39 is 15.1 Å². The topological polar surface area (TPSA) is 79.6 Å². The van der Waals surface area contributed by atoms with E-state index >= 15 is 0 Å². The van der Waals surface area contributed by atoms with Crippen molar-refractivity contribution in [3.05, 3.63) is 36.1 Å². The van der Waals surface area contributed by atoms with Crippen LogP contribution in [-0.2, 0) is 16.4 Å². The summed E-state index contributed by atoms with van der Waals surface area (Å²) < 4.78 is 29.2. The van der Waals surface area contributed by atoms with Gasteiger partial charge in [-0.25, -0.2) is 13.2 Å². The average molecular weight is 336 g/mol. The van der Waals surface area contributed by atoms with Crippen molar-refractivity contribution >= 4 is 26.8 Å². The molecule has 1 aromatic carbocycles. The van der Waals surface area contributed by atoms with Gasteiger partial charge in [-0.05, 0) is 19.9 Å². The third kappa shape index (κ3) is 2.93. The summed E-state index contributed by atoms with van der Waals surface area (Å²) in [5.74, 6) is 0.0145. The molecule has 2 atom stereocenters. The van der Waals surface area contributed by atoms with Crippen LogP contribution in [0.25, 0.3) is 11.0 Å². The quantitative estimate of drug-likeness (QED) is 0.911. The highest BCUT2D eigenvalue weighted by atomic mass is 32.2. The largest absolute Gasteiger partial charge is 0.464 e. The molecule has 0 spiro atoms. The Morgan fingerprint density at radius 3 is 2.87 bits per heavy atom. The first-order valence-corrected chi connectivity index (χ1v) is 9.33. The summed E-state index contributed by atoms with van der Waals surface area (Å²) in [5.41, 5.74) is 1.68. The molecule has 23 heavy (non-hydrogen) atoms.